The average Bonchev–Trinajstić information content (AvgIpc) is 3.53. The van der Waals surface area contributed by atoms with Crippen LogP contribution >= 0.6 is 0 Å². The highest BCUT2D eigenvalue weighted by atomic mass is 16.2. The predicted molar refractivity (Wildman–Crippen MR) is 106 cm³/mol. The molecule has 2 saturated heterocycles. The highest BCUT2D eigenvalue weighted by Crippen LogP contribution is 2.33. The molecule has 0 radical (unpaired) electrons. The summed E-state index contributed by atoms with van der Waals surface area (Å²) in [5.74, 6) is 2.18. The Morgan fingerprint density at radius 2 is 1.63 bits per heavy atom. The van der Waals surface area contributed by atoms with Crippen LogP contribution in [-0.4, -0.2) is 47.8 Å². The summed E-state index contributed by atoms with van der Waals surface area (Å²) >= 11 is 0. The summed E-state index contributed by atoms with van der Waals surface area (Å²) in [6.45, 7) is 5.85. The van der Waals surface area contributed by atoms with Crippen molar-refractivity contribution in [1.82, 2.24) is 9.80 Å². The van der Waals surface area contributed by atoms with E-state index in [0.29, 0.717) is 23.7 Å². The number of benzene rings is 1. The molecule has 4 rings (SSSR count). The number of hydrogen-bond donors (Lipinski definition) is 0. The summed E-state index contributed by atoms with van der Waals surface area (Å²) in [6.07, 6.45) is 7.80. The molecule has 2 amide bonds. The lowest BCUT2D eigenvalue weighted by Gasteiger charge is -2.32. The predicted octanol–water partition coefficient (Wildman–Crippen LogP) is 3.75. The van der Waals surface area contributed by atoms with Crippen LogP contribution in [0.25, 0.3) is 0 Å². The lowest BCUT2D eigenvalue weighted by molar-refractivity contribution is -0.133. The first-order valence-electron chi connectivity index (χ1n) is 10.8. The van der Waals surface area contributed by atoms with E-state index in [4.69, 9.17) is 0 Å². The molecule has 2 heterocycles. The van der Waals surface area contributed by atoms with E-state index in [1.165, 1.54) is 12.0 Å². The number of nitrogens with zero attached hydrogens (tertiary/aromatic N) is 2. The molecule has 0 spiro atoms. The third-order valence-corrected chi connectivity index (χ3v) is 6.52. The van der Waals surface area contributed by atoms with E-state index in [9.17, 15) is 9.59 Å². The van der Waals surface area contributed by atoms with Crippen molar-refractivity contribution in [2.45, 2.75) is 51.9 Å². The third kappa shape index (κ3) is 4.53. The van der Waals surface area contributed by atoms with Crippen LogP contribution in [0.3, 0.4) is 0 Å². The SMILES string of the molecule is CC1CCCN(C(=O)c2ccc(CC3CCN(C(=O)C4CC4)CC3)cc2)C1. The van der Waals surface area contributed by atoms with Gasteiger partial charge in [-0.2, -0.15) is 0 Å². The molecule has 1 aromatic carbocycles. The van der Waals surface area contributed by atoms with Crippen LogP contribution in [0.15, 0.2) is 24.3 Å². The second-order valence-corrected chi connectivity index (χ2v) is 8.94. The number of amides is 2. The van der Waals surface area contributed by atoms with Gasteiger partial charge in [-0.3, -0.25) is 9.59 Å². The first-order valence-corrected chi connectivity index (χ1v) is 10.8. The molecule has 0 bridgehead atoms. The molecule has 0 aromatic heterocycles. The van der Waals surface area contributed by atoms with Gasteiger partial charge in [-0.1, -0.05) is 19.1 Å². The van der Waals surface area contributed by atoms with E-state index in [-0.39, 0.29) is 5.91 Å². The van der Waals surface area contributed by atoms with Crippen molar-refractivity contribution >= 4 is 11.8 Å². The van der Waals surface area contributed by atoms with Gasteiger partial charge in [0.1, 0.15) is 0 Å². The first kappa shape index (κ1) is 18.5. The van der Waals surface area contributed by atoms with Gasteiger partial charge in [-0.15, -0.1) is 0 Å². The Hall–Kier alpha value is -1.84. The average molecular weight is 369 g/mol. The van der Waals surface area contributed by atoms with E-state index in [2.05, 4.69) is 24.0 Å². The Labute approximate surface area is 162 Å². The van der Waals surface area contributed by atoms with Gasteiger partial charge in [0.2, 0.25) is 5.91 Å². The van der Waals surface area contributed by atoms with Crippen LogP contribution in [0.4, 0.5) is 0 Å². The van der Waals surface area contributed by atoms with Crippen LogP contribution < -0.4 is 0 Å². The largest absolute Gasteiger partial charge is 0.342 e. The molecule has 4 heteroatoms. The standard InChI is InChI=1S/C23H32N2O2/c1-17-3-2-12-25(16-17)23(27)20-6-4-18(5-7-20)15-19-10-13-24(14-11-19)22(26)21-8-9-21/h4-7,17,19,21H,2-3,8-16H2,1H3. The number of piperidine rings is 2. The fourth-order valence-corrected chi connectivity index (χ4v) is 4.62. The van der Waals surface area contributed by atoms with E-state index < -0.39 is 0 Å². The minimum atomic E-state index is 0.181. The maximum Gasteiger partial charge on any atom is 0.253 e. The summed E-state index contributed by atoms with van der Waals surface area (Å²) in [6, 6.07) is 8.26. The van der Waals surface area contributed by atoms with Gasteiger partial charge in [0.25, 0.3) is 5.91 Å². The maximum atomic E-state index is 12.7. The molecule has 1 saturated carbocycles. The molecule has 1 aliphatic carbocycles. The molecule has 1 unspecified atom stereocenters. The highest BCUT2D eigenvalue weighted by Gasteiger charge is 2.34. The lowest BCUT2D eigenvalue weighted by atomic mass is 9.89. The molecule has 1 aromatic rings. The number of hydrogen-bond acceptors (Lipinski definition) is 2. The molecule has 3 fully saturated rings. The minimum absolute atomic E-state index is 0.181. The van der Waals surface area contributed by atoms with Crippen molar-refractivity contribution in [3.05, 3.63) is 35.4 Å². The van der Waals surface area contributed by atoms with Gasteiger partial charge in [-0.25, -0.2) is 0 Å². The van der Waals surface area contributed by atoms with Gasteiger partial charge in [0, 0.05) is 37.7 Å². The Kier molecular flexibility index (Phi) is 5.51. The third-order valence-electron chi connectivity index (χ3n) is 6.52. The topological polar surface area (TPSA) is 40.6 Å². The van der Waals surface area contributed by atoms with Gasteiger partial charge in [0.15, 0.2) is 0 Å². The van der Waals surface area contributed by atoms with Crippen LogP contribution in [-0.2, 0) is 11.2 Å². The van der Waals surface area contributed by atoms with E-state index in [0.717, 1.165) is 70.3 Å². The molecule has 3 aliphatic rings. The summed E-state index contributed by atoms with van der Waals surface area (Å²) in [7, 11) is 0. The quantitative estimate of drug-likeness (QED) is 0.812. The maximum absolute atomic E-state index is 12.7. The second kappa shape index (κ2) is 8.04. The number of carbonyl (C=O) groups is 2. The Morgan fingerprint density at radius 3 is 2.26 bits per heavy atom. The highest BCUT2D eigenvalue weighted by molar-refractivity contribution is 5.94. The zero-order chi connectivity index (χ0) is 18.8. The summed E-state index contributed by atoms with van der Waals surface area (Å²) in [4.78, 5) is 29.0. The van der Waals surface area contributed by atoms with Crippen molar-refractivity contribution in [3.63, 3.8) is 0 Å². The Morgan fingerprint density at radius 1 is 0.926 bits per heavy atom. The fraction of sp³-hybridized carbons (Fsp3) is 0.652. The lowest BCUT2D eigenvalue weighted by Crippen LogP contribution is -2.39. The number of likely N-dealkylation sites (tertiary alicyclic amines) is 2. The molecule has 146 valence electrons. The molecular formula is C23H32N2O2. The molecule has 2 aliphatic heterocycles. The summed E-state index contributed by atoms with van der Waals surface area (Å²) in [5, 5.41) is 0. The normalized spacial score (nSPS) is 24.1. The van der Waals surface area contributed by atoms with Crippen molar-refractivity contribution in [2.75, 3.05) is 26.2 Å². The monoisotopic (exact) mass is 368 g/mol. The van der Waals surface area contributed by atoms with E-state index in [1.54, 1.807) is 0 Å². The molecule has 4 nitrogen and oxygen atoms in total. The van der Waals surface area contributed by atoms with Crippen molar-refractivity contribution in [1.29, 1.82) is 0 Å². The van der Waals surface area contributed by atoms with E-state index >= 15 is 0 Å². The van der Waals surface area contributed by atoms with Gasteiger partial charge < -0.3 is 9.80 Å². The Bertz CT molecular complexity index is 672. The van der Waals surface area contributed by atoms with Crippen LogP contribution in [0, 0.1) is 17.8 Å². The van der Waals surface area contributed by atoms with Gasteiger partial charge in [-0.05, 0) is 74.5 Å². The van der Waals surface area contributed by atoms with Crippen molar-refractivity contribution in [3.8, 4) is 0 Å². The smallest absolute Gasteiger partial charge is 0.253 e. The van der Waals surface area contributed by atoms with Crippen molar-refractivity contribution in [2.24, 2.45) is 17.8 Å². The number of rotatable bonds is 4. The zero-order valence-corrected chi connectivity index (χ0v) is 16.5. The second-order valence-electron chi connectivity index (χ2n) is 8.94. The fourth-order valence-electron chi connectivity index (χ4n) is 4.62. The van der Waals surface area contributed by atoms with Crippen molar-refractivity contribution < 1.29 is 9.59 Å². The zero-order valence-electron chi connectivity index (χ0n) is 16.5. The summed E-state index contributed by atoms with van der Waals surface area (Å²) < 4.78 is 0. The molecule has 1 atom stereocenters. The van der Waals surface area contributed by atoms with E-state index in [1.807, 2.05) is 17.0 Å². The van der Waals surface area contributed by atoms with Gasteiger partial charge in [0.05, 0.1) is 0 Å². The van der Waals surface area contributed by atoms with Crippen LogP contribution in [0.1, 0.15) is 61.4 Å². The van der Waals surface area contributed by atoms with Gasteiger partial charge >= 0.3 is 0 Å². The Balaban J connectivity index is 1.28. The minimum Gasteiger partial charge on any atom is -0.342 e. The van der Waals surface area contributed by atoms with Crippen LogP contribution in [0.2, 0.25) is 0 Å². The molecular weight excluding hydrogens is 336 g/mol. The number of carbonyl (C=O) groups excluding carboxylic acids is 2. The first-order chi connectivity index (χ1) is 13.1. The van der Waals surface area contributed by atoms with Crippen LogP contribution in [0.5, 0.6) is 0 Å². The molecule has 0 N–H and O–H groups in total. The summed E-state index contributed by atoms with van der Waals surface area (Å²) in [5.41, 5.74) is 2.13. The molecule has 27 heavy (non-hydrogen) atoms.